The van der Waals surface area contributed by atoms with Crippen LogP contribution >= 0.6 is 11.3 Å². The molecular formula is C19H28N4OS. The third-order valence-corrected chi connectivity index (χ3v) is 4.65. The minimum Gasteiger partial charge on any atom is -0.496 e. The Hall–Kier alpha value is -2.08. The first-order valence-corrected chi connectivity index (χ1v) is 9.57. The molecular weight excluding hydrogens is 332 g/mol. The average molecular weight is 361 g/mol. The van der Waals surface area contributed by atoms with Gasteiger partial charge in [0.2, 0.25) is 0 Å². The van der Waals surface area contributed by atoms with Gasteiger partial charge in [-0.3, -0.25) is 4.99 Å². The van der Waals surface area contributed by atoms with Gasteiger partial charge in [0.25, 0.3) is 0 Å². The van der Waals surface area contributed by atoms with Crippen molar-refractivity contribution in [3.63, 3.8) is 0 Å². The molecule has 0 spiro atoms. The molecule has 0 aliphatic heterocycles. The zero-order chi connectivity index (χ0) is 18.1. The van der Waals surface area contributed by atoms with Crippen molar-refractivity contribution in [1.82, 2.24) is 15.6 Å². The predicted octanol–water partition coefficient (Wildman–Crippen LogP) is 3.11. The van der Waals surface area contributed by atoms with E-state index in [1.165, 1.54) is 5.56 Å². The van der Waals surface area contributed by atoms with Crippen molar-refractivity contribution < 1.29 is 4.74 Å². The summed E-state index contributed by atoms with van der Waals surface area (Å²) in [4.78, 5) is 9.11. The van der Waals surface area contributed by atoms with E-state index in [4.69, 9.17) is 4.74 Å². The van der Waals surface area contributed by atoms with Crippen molar-refractivity contribution in [2.45, 2.75) is 33.6 Å². The van der Waals surface area contributed by atoms with Crippen molar-refractivity contribution in [1.29, 1.82) is 0 Å². The zero-order valence-corrected chi connectivity index (χ0v) is 16.4. The molecule has 2 N–H and O–H groups in total. The lowest BCUT2D eigenvalue weighted by Crippen LogP contribution is -2.38. The number of aryl methyl sites for hydroxylation is 2. The number of aliphatic imine (C=N–C) groups is 1. The Morgan fingerprint density at radius 2 is 2.08 bits per heavy atom. The van der Waals surface area contributed by atoms with E-state index in [1.54, 1.807) is 18.4 Å². The van der Waals surface area contributed by atoms with Crippen LogP contribution in [0, 0.1) is 13.8 Å². The first-order chi connectivity index (χ1) is 12.1. The number of benzene rings is 1. The molecule has 0 saturated carbocycles. The molecule has 0 bridgehead atoms. The number of rotatable bonds is 8. The second-order valence-electron chi connectivity index (χ2n) is 5.85. The molecule has 0 atom stereocenters. The van der Waals surface area contributed by atoms with Crippen LogP contribution < -0.4 is 15.4 Å². The number of hydrogen-bond donors (Lipinski definition) is 2. The van der Waals surface area contributed by atoms with Crippen LogP contribution in [-0.2, 0) is 12.8 Å². The van der Waals surface area contributed by atoms with Crippen LogP contribution in [0.25, 0.3) is 0 Å². The molecule has 136 valence electrons. The first kappa shape index (κ1) is 19.2. The highest BCUT2D eigenvalue weighted by atomic mass is 32.1. The maximum absolute atomic E-state index is 5.39. The second kappa shape index (κ2) is 10.0. The van der Waals surface area contributed by atoms with Crippen LogP contribution in [0.2, 0.25) is 0 Å². The number of hydrogen-bond acceptors (Lipinski definition) is 4. The summed E-state index contributed by atoms with van der Waals surface area (Å²) in [6, 6.07) is 6.35. The first-order valence-electron chi connectivity index (χ1n) is 8.69. The Kier molecular flexibility index (Phi) is 7.73. The van der Waals surface area contributed by atoms with Crippen LogP contribution in [0.15, 0.2) is 28.6 Å². The summed E-state index contributed by atoms with van der Waals surface area (Å²) in [5.41, 5.74) is 3.53. The van der Waals surface area contributed by atoms with Crippen LogP contribution in [0.4, 0.5) is 0 Å². The van der Waals surface area contributed by atoms with Gasteiger partial charge in [-0.2, -0.15) is 0 Å². The van der Waals surface area contributed by atoms with Crippen LogP contribution in [0.3, 0.4) is 0 Å². The highest BCUT2D eigenvalue weighted by Gasteiger charge is 2.02. The molecule has 0 radical (unpaired) electrons. The fraction of sp³-hybridized carbons (Fsp3) is 0.474. The van der Waals surface area contributed by atoms with Gasteiger partial charge in [-0.25, -0.2) is 4.98 Å². The Morgan fingerprint density at radius 3 is 2.76 bits per heavy atom. The Balaban J connectivity index is 1.83. The van der Waals surface area contributed by atoms with Crippen molar-refractivity contribution in [2.75, 3.05) is 26.7 Å². The molecule has 25 heavy (non-hydrogen) atoms. The molecule has 0 amide bonds. The summed E-state index contributed by atoms with van der Waals surface area (Å²) in [6.45, 7) is 8.57. The highest BCUT2D eigenvalue weighted by Crippen LogP contribution is 2.19. The number of ether oxygens (including phenoxy) is 1. The largest absolute Gasteiger partial charge is 0.496 e. The molecule has 5 nitrogen and oxygen atoms in total. The maximum atomic E-state index is 5.39. The summed E-state index contributed by atoms with van der Waals surface area (Å²) >= 11 is 1.69. The van der Waals surface area contributed by atoms with Gasteiger partial charge in [-0.15, -0.1) is 11.3 Å². The SMILES string of the molecule is CCNC(=NCCc1csc(C)n1)NCCc1ccc(C)c(OC)c1. The van der Waals surface area contributed by atoms with Gasteiger partial charge in [0.05, 0.1) is 17.8 Å². The lowest BCUT2D eigenvalue weighted by Gasteiger charge is -2.12. The van der Waals surface area contributed by atoms with Gasteiger partial charge in [-0.05, 0) is 44.4 Å². The van der Waals surface area contributed by atoms with Gasteiger partial charge in [-0.1, -0.05) is 12.1 Å². The molecule has 6 heteroatoms. The molecule has 0 aliphatic carbocycles. The van der Waals surface area contributed by atoms with Crippen molar-refractivity contribution >= 4 is 17.3 Å². The molecule has 2 rings (SSSR count). The van der Waals surface area contributed by atoms with E-state index in [0.29, 0.717) is 0 Å². The van der Waals surface area contributed by atoms with Gasteiger partial charge >= 0.3 is 0 Å². The van der Waals surface area contributed by atoms with Crippen LogP contribution in [-0.4, -0.2) is 37.7 Å². The summed E-state index contributed by atoms with van der Waals surface area (Å²) in [5.74, 6) is 1.80. The molecule has 0 fully saturated rings. The number of nitrogens with one attached hydrogen (secondary N) is 2. The van der Waals surface area contributed by atoms with Crippen molar-refractivity contribution in [2.24, 2.45) is 4.99 Å². The van der Waals surface area contributed by atoms with E-state index < -0.39 is 0 Å². The van der Waals surface area contributed by atoms with Gasteiger partial charge in [0.15, 0.2) is 5.96 Å². The number of thiazole rings is 1. The molecule has 1 heterocycles. The van der Waals surface area contributed by atoms with Crippen molar-refractivity contribution in [3.8, 4) is 5.75 Å². The molecule has 1 aromatic heterocycles. The normalized spacial score (nSPS) is 11.4. The Morgan fingerprint density at radius 1 is 1.24 bits per heavy atom. The van der Waals surface area contributed by atoms with Crippen molar-refractivity contribution in [3.05, 3.63) is 45.4 Å². The summed E-state index contributed by atoms with van der Waals surface area (Å²) in [7, 11) is 1.71. The molecule has 2 aromatic rings. The van der Waals surface area contributed by atoms with Gasteiger partial charge in [0, 0.05) is 31.4 Å². The fourth-order valence-corrected chi connectivity index (χ4v) is 3.14. The molecule has 0 saturated heterocycles. The number of methoxy groups -OCH3 is 1. The van der Waals surface area contributed by atoms with E-state index in [0.717, 1.165) is 60.4 Å². The lowest BCUT2D eigenvalue weighted by atomic mass is 10.1. The standard InChI is InChI=1S/C19H28N4OS/c1-5-20-19(22-11-9-17-13-25-15(3)23-17)21-10-8-16-7-6-14(2)18(12-16)24-4/h6-7,12-13H,5,8-11H2,1-4H3,(H2,20,21,22). The highest BCUT2D eigenvalue weighted by molar-refractivity contribution is 7.09. The topological polar surface area (TPSA) is 58.5 Å². The monoisotopic (exact) mass is 360 g/mol. The van der Waals surface area contributed by atoms with Gasteiger partial charge in [0.1, 0.15) is 5.75 Å². The van der Waals surface area contributed by atoms with E-state index >= 15 is 0 Å². The number of guanidine groups is 1. The fourth-order valence-electron chi connectivity index (χ4n) is 2.49. The summed E-state index contributed by atoms with van der Waals surface area (Å²) < 4.78 is 5.39. The maximum Gasteiger partial charge on any atom is 0.191 e. The molecule has 0 aliphatic rings. The van der Waals surface area contributed by atoms with E-state index in [2.05, 4.69) is 58.0 Å². The zero-order valence-electron chi connectivity index (χ0n) is 15.6. The Labute approximate surface area is 154 Å². The quantitative estimate of drug-likeness (QED) is 0.561. The van der Waals surface area contributed by atoms with E-state index in [1.807, 2.05) is 6.92 Å². The predicted molar refractivity (Wildman–Crippen MR) is 106 cm³/mol. The van der Waals surface area contributed by atoms with Crippen LogP contribution in [0.5, 0.6) is 5.75 Å². The third kappa shape index (κ3) is 6.38. The Bertz CT molecular complexity index is 696. The third-order valence-electron chi connectivity index (χ3n) is 3.83. The minimum absolute atomic E-state index is 0.733. The van der Waals surface area contributed by atoms with E-state index in [-0.39, 0.29) is 0 Å². The van der Waals surface area contributed by atoms with Crippen LogP contribution in [0.1, 0.15) is 28.8 Å². The second-order valence-corrected chi connectivity index (χ2v) is 6.91. The number of nitrogens with zero attached hydrogens (tertiary/aromatic N) is 2. The lowest BCUT2D eigenvalue weighted by molar-refractivity contribution is 0.411. The molecule has 0 unspecified atom stereocenters. The van der Waals surface area contributed by atoms with Gasteiger partial charge < -0.3 is 15.4 Å². The van der Waals surface area contributed by atoms with E-state index in [9.17, 15) is 0 Å². The minimum atomic E-state index is 0.733. The smallest absolute Gasteiger partial charge is 0.191 e. The number of aromatic nitrogens is 1. The summed E-state index contributed by atoms with van der Waals surface area (Å²) in [5, 5.41) is 9.90. The average Bonchev–Trinajstić information content (AvgIpc) is 3.01. The molecule has 1 aromatic carbocycles. The summed E-state index contributed by atoms with van der Waals surface area (Å²) in [6.07, 6.45) is 1.79.